The van der Waals surface area contributed by atoms with Crippen molar-refractivity contribution in [3.8, 4) is 0 Å². The molecule has 0 radical (unpaired) electrons. The summed E-state index contributed by atoms with van der Waals surface area (Å²) < 4.78 is 0.676. The van der Waals surface area contributed by atoms with E-state index in [2.05, 4.69) is 0 Å². The van der Waals surface area contributed by atoms with Gasteiger partial charge in [0.25, 0.3) is 0 Å². The molecule has 1 amide bonds. The van der Waals surface area contributed by atoms with Crippen molar-refractivity contribution >= 4 is 52.7 Å². The smallest absolute Gasteiger partial charge is 0.305 e. The van der Waals surface area contributed by atoms with Crippen molar-refractivity contribution in [2.24, 2.45) is 0 Å². The molecule has 1 aliphatic rings. The fourth-order valence-corrected chi connectivity index (χ4v) is 4.01. The molecule has 2 rings (SSSR count). The zero-order valence-corrected chi connectivity index (χ0v) is 13.0. The number of hydrogen-bond acceptors (Lipinski definition) is 4. The lowest BCUT2D eigenvalue weighted by Gasteiger charge is -2.33. The van der Waals surface area contributed by atoms with Gasteiger partial charge in [-0.25, -0.2) is 0 Å². The fourth-order valence-electron chi connectivity index (χ4n) is 1.98. The van der Waals surface area contributed by atoms with Gasteiger partial charge < -0.3 is 10.0 Å². The lowest BCUT2D eigenvalue weighted by Crippen LogP contribution is -2.46. The molecule has 1 unspecified atom stereocenters. The van der Waals surface area contributed by atoms with E-state index in [9.17, 15) is 9.59 Å². The number of rotatable bonds is 4. The molecule has 1 N–H and O–H groups in total. The number of carboxylic acids is 1. The van der Waals surface area contributed by atoms with Crippen LogP contribution < -0.4 is 0 Å². The van der Waals surface area contributed by atoms with E-state index in [0.29, 0.717) is 16.6 Å². The summed E-state index contributed by atoms with van der Waals surface area (Å²) in [5.74, 6) is 0.516. The zero-order chi connectivity index (χ0) is 14.5. The normalized spacial score (nSPS) is 19.4. The number of nitrogens with zero attached hydrogens (tertiary/aromatic N) is 1. The van der Waals surface area contributed by atoms with E-state index in [-0.39, 0.29) is 18.4 Å². The van der Waals surface area contributed by atoms with Crippen LogP contribution in [0.4, 0.5) is 0 Å². The van der Waals surface area contributed by atoms with Crippen molar-refractivity contribution in [2.45, 2.75) is 12.5 Å². The third-order valence-corrected chi connectivity index (χ3v) is 5.19. The van der Waals surface area contributed by atoms with E-state index in [4.69, 9.17) is 16.7 Å². The molecule has 20 heavy (non-hydrogen) atoms. The number of amides is 1. The average Bonchev–Trinajstić information content (AvgIpc) is 2.82. The zero-order valence-electron chi connectivity index (χ0n) is 10.6. The summed E-state index contributed by atoms with van der Waals surface area (Å²) in [6, 6.07) is 3.40. The molecule has 2 heterocycles. The maximum Gasteiger partial charge on any atom is 0.305 e. The third-order valence-electron chi connectivity index (χ3n) is 2.91. The highest BCUT2D eigenvalue weighted by atomic mass is 35.5. The largest absolute Gasteiger partial charge is 0.481 e. The molecule has 0 aliphatic carbocycles. The number of thiophene rings is 1. The van der Waals surface area contributed by atoms with Gasteiger partial charge in [0.05, 0.1) is 16.8 Å². The Labute approximate surface area is 130 Å². The molecular weight excluding hydrogens is 318 g/mol. The van der Waals surface area contributed by atoms with Crippen LogP contribution >= 0.6 is 34.7 Å². The van der Waals surface area contributed by atoms with Gasteiger partial charge in [-0.2, -0.15) is 11.8 Å². The van der Waals surface area contributed by atoms with Gasteiger partial charge in [-0.1, -0.05) is 11.6 Å². The van der Waals surface area contributed by atoms with Gasteiger partial charge in [0.1, 0.15) is 0 Å². The predicted molar refractivity (Wildman–Crippen MR) is 83.4 cm³/mol. The summed E-state index contributed by atoms with van der Waals surface area (Å²) in [6.45, 7) is 0.594. The maximum atomic E-state index is 12.2. The minimum absolute atomic E-state index is 0.00257. The summed E-state index contributed by atoms with van der Waals surface area (Å²) in [4.78, 5) is 25.6. The highest BCUT2D eigenvalue weighted by molar-refractivity contribution is 7.99. The van der Waals surface area contributed by atoms with Gasteiger partial charge in [-0.05, 0) is 18.2 Å². The highest BCUT2D eigenvalue weighted by Gasteiger charge is 2.27. The summed E-state index contributed by atoms with van der Waals surface area (Å²) >= 11 is 8.91. The van der Waals surface area contributed by atoms with E-state index in [1.165, 1.54) is 17.4 Å². The highest BCUT2D eigenvalue weighted by Crippen LogP contribution is 2.23. The number of thioether (sulfide) groups is 1. The first kappa shape index (κ1) is 15.4. The number of carbonyl (C=O) groups is 2. The molecule has 1 saturated heterocycles. The second-order valence-corrected chi connectivity index (χ2v) is 7.23. The lowest BCUT2D eigenvalue weighted by atomic mass is 10.2. The molecular formula is C13H14ClNO3S2. The Balaban J connectivity index is 2.02. The van der Waals surface area contributed by atoms with Crippen molar-refractivity contribution in [3.63, 3.8) is 0 Å². The molecule has 0 bridgehead atoms. The Bertz CT molecular complexity index is 529. The van der Waals surface area contributed by atoms with Crippen LogP contribution in [-0.4, -0.2) is 46.0 Å². The van der Waals surface area contributed by atoms with Gasteiger partial charge in [0.15, 0.2) is 0 Å². The van der Waals surface area contributed by atoms with Crippen molar-refractivity contribution in [2.75, 3.05) is 18.1 Å². The second-order valence-electron chi connectivity index (χ2n) is 4.33. The average molecular weight is 332 g/mol. The Kier molecular flexibility index (Phi) is 5.51. The van der Waals surface area contributed by atoms with Crippen LogP contribution in [0.1, 0.15) is 11.3 Å². The predicted octanol–water partition coefficient (Wildman–Crippen LogP) is 2.83. The summed E-state index contributed by atoms with van der Waals surface area (Å²) in [5.41, 5.74) is 0. The standard InChI is InChI=1S/C13H14ClNO3S2/c14-11-3-1-10(20-11)2-4-12(16)15-5-6-19-8-9(15)7-13(17)18/h1-4,9H,5-8H2,(H,17,18). The number of aliphatic carboxylic acids is 1. The van der Waals surface area contributed by atoms with E-state index in [0.717, 1.165) is 10.6 Å². The van der Waals surface area contributed by atoms with Crippen LogP contribution in [0.5, 0.6) is 0 Å². The van der Waals surface area contributed by atoms with Crippen molar-refractivity contribution in [3.05, 3.63) is 27.4 Å². The van der Waals surface area contributed by atoms with Crippen LogP contribution in [0.25, 0.3) is 6.08 Å². The molecule has 108 valence electrons. The van der Waals surface area contributed by atoms with Crippen LogP contribution in [-0.2, 0) is 9.59 Å². The number of carboxylic acid groups (broad SMARTS) is 1. The second kappa shape index (κ2) is 7.15. The van der Waals surface area contributed by atoms with E-state index in [1.807, 2.05) is 6.07 Å². The Morgan fingerprint density at radius 2 is 2.30 bits per heavy atom. The quantitative estimate of drug-likeness (QED) is 0.862. The topological polar surface area (TPSA) is 57.6 Å². The van der Waals surface area contributed by atoms with Crippen LogP contribution in [0, 0.1) is 0 Å². The van der Waals surface area contributed by atoms with Gasteiger partial charge in [0.2, 0.25) is 5.91 Å². The van der Waals surface area contributed by atoms with Gasteiger partial charge >= 0.3 is 5.97 Å². The molecule has 1 atom stereocenters. The molecule has 0 saturated carbocycles. The van der Waals surface area contributed by atoms with Crippen LogP contribution in [0.3, 0.4) is 0 Å². The summed E-state index contributed by atoms with van der Waals surface area (Å²) in [6.07, 6.45) is 3.21. The third kappa shape index (κ3) is 4.26. The molecule has 1 fully saturated rings. The molecule has 0 spiro atoms. The van der Waals surface area contributed by atoms with Gasteiger partial charge in [0, 0.05) is 29.0 Å². The van der Waals surface area contributed by atoms with E-state index in [1.54, 1.807) is 28.8 Å². The molecule has 4 nitrogen and oxygen atoms in total. The van der Waals surface area contributed by atoms with Crippen LogP contribution in [0.2, 0.25) is 4.34 Å². The molecule has 1 aromatic heterocycles. The number of halogens is 1. The van der Waals surface area contributed by atoms with Gasteiger partial charge in [-0.3, -0.25) is 9.59 Å². The summed E-state index contributed by atoms with van der Waals surface area (Å²) in [5, 5.41) is 8.90. The summed E-state index contributed by atoms with van der Waals surface area (Å²) in [7, 11) is 0. The van der Waals surface area contributed by atoms with Crippen molar-refractivity contribution < 1.29 is 14.7 Å². The maximum absolute atomic E-state index is 12.2. The minimum atomic E-state index is -0.871. The first-order chi connectivity index (χ1) is 9.56. The number of hydrogen-bond donors (Lipinski definition) is 1. The van der Waals surface area contributed by atoms with Gasteiger partial charge in [-0.15, -0.1) is 11.3 Å². The first-order valence-corrected chi connectivity index (χ1v) is 8.45. The van der Waals surface area contributed by atoms with E-state index >= 15 is 0 Å². The van der Waals surface area contributed by atoms with Crippen molar-refractivity contribution in [1.29, 1.82) is 0 Å². The molecule has 1 aliphatic heterocycles. The first-order valence-electron chi connectivity index (χ1n) is 6.10. The molecule has 1 aromatic rings. The Morgan fingerprint density at radius 3 is 2.95 bits per heavy atom. The Morgan fingerprint density at radius 1 is 1.50 bits per heavy atom. The molecule has 7 heteroatoms. The van der Waals surface area contributed by atoms with E-state index < -0.39 is 5.97 Å². The molecule has 0 aromatic carbocycles. The van der Waals surface area contributed by atoms with Crippen molar-refractivity contribution in [1.82, 2.24) is 4.90 Å². The fraction of sp³-hybridized carbons (Fsp3) is 0.385. The van der Waals surface area contributed by atoms with Crippen LogP contribution in [0.15, 0.2) is 18.2 Å². The Hall–Kier alpha value is -0.980. The SMILES string of the molecule is O=C(O)CC1CSCCN1C(=O)C=Cc1ccc(Cl)s1. The lowest BCUT2D eigenvalue weighted by molar-refractivity contribution is -0.139. The monoisotopic (exact) mass is 331 g/mol. The minimum Gasteiger partial charge on any atom is -0.481 e. The number of carbonyl (C=O) groups excluding carboxylic acids is 1.